The molecule has 114 valence electrons. The molecule has 1 aliphatic heterocycles. The summed E-state index contributed by atoms with van der Waals surface area (Å²) in [5, 5.41) is 3.14. The third-order valence-electron chi connectivity index (χ3n) is 4.88. The van der Waals surface area contributed by atoms with Gasteiger partial charge in [0.1, 0.15) is 5.75 Å². The predicted octanol–water partition coefficient (Wildman–Crippen LogP) is 2.45. The van der Waals surface area contributed by atoms with Crippen molar-refractivity contribution < 1.29 is 14.3 Å². The van der Waals surface area contributed by atoms with Crippen molar-refractivity contribution in [3.05, 3.63) is 29.8 Å². The molecule has 21 heavy (non-hydrogen) atoms. The van der Waals surface area contributed by atoms with E-state index in [1.165, 1.54) is 12.0 Å². The molecular weight excluding hydrogens is 266 g/mol. The minimum Gasteiger partial charge on any atom is -0.484 e. The standard InChI is InChI=1S/C17H23NO3/c1-13-2-4-14(5-3-13)21-12-16(19)18-15-6-7-17(15)8-10-20-11-9-17/h2-5,15H,6-12H2,1H3,(H,18,19). The predicted molar refractivity (Wildman–Crippen MR) is 80.3 cm³/mol. The van der Waals surface area contributed by atoms with Crippen LogP contribution in [0.4, 0.5) is 0 Å². The molecule has 2 aliphatic rings. The largest absolute Gasteiger partial charge is 0.484 e. The summed E-state index contributed by atoms with van der Waals surface area (Å²) in [6.07, 6.45) is 4.42. The Balaban J connectivity index is 1.47. The summed E-state index contributed by atoms with van der Waals surface area (Å²) in [7, 11) is 0. The molecule has 1 aromatic carbocycles. The number of carbonyl (C=O) groups excluding carboxylic acids is 1. The van der Waals surface area contributed by atoms with Crippen LogP contribution in [0, 0.1) is 12.3 Å². The first kappa shape index (κ1) is 14.4. The summed E-state index contributed by atoms with van der Waals surface area (Å²) in [4.78, 5) is 12.0. The van der Waals surface area contributed by atoms with Crippen molar-refractivity contribution >= 4 is 5.91 Å². The van der Waals surface area contributed by atoms with Gasteiger partial charge in [0.25, 0.3) is 5.91 Å². The molecule has 1 aliphatic carbocycles. The quantitative estimate of drug-likeness (QED) is 0.926. The Labute approximate surface area is 125 Å². The first-order valence-corrected chi connectivity index (χ1v) is 7.75. The van der Waals surface area contributed by atoms with E-state index >= 15 is 0 Å². The smallest absolute Gasteiger partial charge is 0.258 e. The second-order valence-electron chi connectivity index (χ2n) is 6.24. The van der Waals surface area contributed by atoms with E-state index in [1.807, 2.05) is 31.2 Å². The maximum Gasteiger partial charge on any atom is 0.258 e. The monoisotopic (exact) mass is 289 g/mol. The molecule has 4 heteroatoms. The zero-order valence-electron chi connectivity index (χ0n) is 12.6. The maximum atomic E-state index is 12.0. The van der Waals surface area contributed by atoms with E-state index in [4.69, 9.17) is 9.47 Å². The molecule has 1 aromatic rings. The third kappa shape index (κ3) is 3.21. The highest BCUT2D eigenvalue weighted by Crippen LogP contribution is 2.48. The molecule has 1 heterocycles. The zero-order valence-corrected chi connectivity index (χ0v) is 12.6. The summed E-state index contributed by atoms with van der Waals surface area (Å²) in [6, 6.07) is 8.06. The van der Waals surface area contributed by atoms with Gasteiger partial charge < -0.3 is 14.8 Å². The molecule has 1 saturated carbocycles. The van der Waals surface area contributed by atoms with Gasteiger partial charge in [0.2, 0.25) is 0 Å². The van der Waals surface area contributed by atoms with Gasteiger partial charge in [0.15, 0.2) is 6.61 Å². The Bertz CT molecular complexity index is 491. The average Bonchev–Trinajstić information content (AvgIpc) is 2.52. The Morgan fingerprint density at radius 2 is 2.00 bits per heavy atom. The Hall–Kier alpha value is -1.55. The van der Waals surface area contributed by atoms with Crippen molar-refractivity contribution in [2.75, 3.05) is 19.8 Å². The van der Waals surface area contributed by atoms with Crippen molar-refractivity contribution in [2.24, 2.45) is 5.41 Å². The van der Waals surface area contributed by atoms with Gasteiger partial charge in [-0.2, -0.15) is 0 Å². The van der Waals surface area contributed by atoms with Gasteiger partial charge in [-0.3, -0.25) is 4.79 Å². The molecule has 0 aromatic heterocycles. The van der Waals surface area contributed by atoms with Gasteiger partial charge in [0.05, 0.1) is 0 Å². The highest BCUT2D eigenvalue weighted by Gasteiger charge is 2.47. The lowest BCUT2D eigenvalue weighted by Gasteiger charge is -2.52. The molecule has 1 saturated heterocycles. The van der Waals surface area contributed by atoms with E-state index in [0.717, 1.165) is 38.2 Å². The van der Waals surface area contributed by atoms with E-state index in [0.29, 0.717) is 6.04 Å². The van der Waals surface area contributed by atoms with Crippen LogP contribution in [0.1, 0.15) is 31.2 Å². The maximum absolute atomic E-state index is 12.0. The van der Waals surface area contributed by atoms with Crippen molar-refractivity contribution in [1.82, 2.24) is 5.32 Å². The van der Waals surface area contributed by atoms with Crippen molar-refractivity contribution in [2.45, 2.75) is 38.6 Å². The lowest BCUT2D eigenvalue weighted by molar-refractivity contribution is -0.129. The molecule has 1 amide bonds. The Kier molecular flexibility index (Phi) is 4.15. The van der Waals surface area contributed by atoms with Crippen LogP contribution in [-0.2, 0) is 9.53 Å². The number of hydrogen-bond acceptors (Lipinski definition) is 3. The molecule has 1 N–H and O–H groups in total. The molecule has 4 nitrogen and oxygen atoms in total. The van der Waals surface area contributed by atoms with Gasteiger partial charge >= 0.3 is 0 Å². The van der Waals surface area contributed by atoms with Gasteiger partial charge in [-0.05, 0) is 50.2 Å². The van der Waals surface area contributed by atoms with Crippen LogP contribution in [-0.4, -0.2) is 31.8 Å². The fourth-order valence-electron chi connectivity index (χ4n) is 3.32. The number of nitrogens with one attached hydrogen (secondary N) is 1. The summed E-state index contributed by atoms with van der Waals surface area (Å²) >= 11 is 0. The lowest BCUT2D eigenvalue weighted by atomic mass is 9.60. The van der Waals surface area contributed by atoms with Crippen molar-refractivity contribution in [1.29, 1.82) is 0 Å². The van der Waals surface area contributed by atoms with Gasteiger partial charge in [-0.1, -0.05) is 17.7 Å². The SMILES string of the molecule is Cc1ccc(OCC(=O)NC2CCC23CCOCC3)cc1. The summed E-state index contributed by atoms with van der Waals surface area (Å²) in [5.74, 6) is 0.719. The molecule has 1 spiro atoms. The number of benzene rings is 1. The summed E-state index contributed by atoms with van der Waals surface area (Å²) in [6.45, 7) is 3.77. The number of aryl methyl sites for hydroxylation is 1. The lowest BCUT2D eigenvalue weighted by Crippen LogP contribution is -2.57. The molecule has 2 fully saturated rings. The van der Waals surface area contributed by atoms with Crippen LogP contribution < -0.4 is 10.1 Å². The second kappa shape index (κ2) is 6.06. The van der Waals surface area contributed by atoms with E-state index in [9.17, 15) is 4.79 Å². The Morgan fingerprint density at radius 1 is 1.29 bits per heavy atom. The number of ether oxygens (including phenoxy) is 2. The number of carbonyl (C=O) groups is 1. The number of hydrogen-bond donors (Lipinski definition) is 1. The van der Waals surface area contributed by atoms with Crippen LogP contribution in [0.15, 0.2) is 24.3 Å². The van der Waals surface area contributed by atoms with E-state index in [2.05, 4.69) is 5.32 Å². The summed E-state index contributed by atoms with van der Waals surface area (Å²) in [5.41, 5.74) is 1.47. The fourth-order valence-corrected chi connectivity index (χ4v) is 3.32. The minimum absolute atomic E-state index is 0.0221. The normalized spacial score (nSPS) is 23.4. The molecule has 0 bridgehead atoms. The van der Waals surface area contributed by atoms with Gasteiger partial charge in [0, 0.05) is 19.3 Å². The minimum atomic E-state index is -0.0221. The third-order valence-corrected chi connectivity index (χ3v) is 4.88. The molecule has 1 unspecified atom stereocenters. The first-order valence-electron chi connectivity index (χ1n) is 7.75. The zero-order chi connectivity index (χ0) is 14.7. The van der Waals surface area contributed by atoms with Gasteiger partial charge in [-0.25, -0.2) is 0 Å². The van der Waals surface area contributed by atoms with Crippen LogP contribution in [0.25, 0.3) is 0 Å². The molecule has 1 atom stereocenters. The number of rotatable bonds is 4. The first-order chi connectivity index (χ1) is 10.2. The van der Waals surface area contributed by atoms with Crippen LogP contribution >= 0.6 is 0 Å². The molecule has 3 rings (SSSR count). The average molecular weight is 289 g/mol. The van der Waals surface area contributed by atoms with Gasteiger partial charge in [-0.15, -0.1) is 0 Å². The second-order valence-corrected chi connectivity index (χ2v) is 6.24. The molecular formula is C17H23NO3. The van der Waals surface area contributed by atoms with Crippen LogP contribution in [0.2, 0.25) is 0 Å². The highest BCUT2D eigenvalue weighted by atomic mass is 16.5. The van der Waals surface area contributed by atoms with E-state index in [-0.39, 0.29) is 17.9 Å². The topological polar surface area (TPSA) is 47.6 Å². The van der Waals surface area contributed by atoms with Crippen molar-refractivity contribution in [3.8, 4) is 5.75 Å². The summed E-state index contributed by atoms with van der Waals surface area (Å²) < 4.78 is 11.0. The highest BCUT2D eigenvalue weighted by molar-refractivity contribution is 5.78. The number of amides is 1. The van der Waals surface area contributed by atoms with E-state index < -0.39 is 0 Å². The Morgan fingerprint density at radius 3 is 2.62 bits per heavy atom. The van der Waals surface area contributed by atoms with Crippen LogP contribution in [0.5, 0.6) is 5.75 Å². The molecule has 0 radical (unpaired) electrons. The van der Waals surface area contributed by atoms with Crippen molar-refractivity contribution in [3.63, 3.8) is 0 Å². The fraction of sp³-hybridized carbons (Fsp3) is 0.588. The van der Waals surface area contributed by atoms with E-state index in [1.54, 1.807) is 0 Å². The van der Waals surface area contributed by atoms with Crippen LogP contribution in [0.3, 0.4) is 0 Å².